The quantitative estimate of drug-likeness (QED) is 0.905. The second-order valence-electron chi connectivity index (χ2n) is 6.39. The molecule has 2 aromatic rings. The third-order valence-corrected chi connectivity index (χ3v) is 4.53. The number of carbonyl (C=O) groups is 2. The van der Waals surface area contributed by atoms with E-state index in [-0.39, 0.29) is 17.7 Å². The van der Waals surface area contributed by atoms with Crippen molar-refractivity contribution in [2.24, 2.45) is 10.9 Å². The van der Waals surface area contributed by atoms with Crippen LogP contribution in [0.25, 0.3) is 5.65 Å². The van der Waals surface area contributed by atoms with Crippen LogP contribution in [0.3, 0.4) is 0 Å². The summed E-state index contributed by atoms with van der Waals surface area (Å²) in [4.78, 5) is 33.3. The van der Waals surface area contributed by atoms with Gasteiger partial charge in [-0.25, -0.2) is 9.98 Å². The van der Waals surface area contributed by atoms with Gasteiger partial charge in [0, 0.05) is 31.0 Å². The van der Waals surface area contributed by atoms with Crippen LogP contribution < -0.4 is 5.32 Å². The molecular weight excluding hydrogens is 344 g/mol. The van der Waals surface area contributed by atoms with Gasteiger partial charge < -0.3 is 10.1 Å². The van der Waals surface area contributed by atoms with Gasteiger partial charge in [0.25, 0.3) is 5.91 Å². The highest BCUT2D eigenvalue weighted by Crippen LogP contribution is 2.27. The Balaban J connectivity index is 1.67. The number of nitrogens with one attached hydrogen (secondary N) is 1. The second-order valence-corrected chi connectivity index (χ2v) is 6.39. The van der Waals surface area contributed by atoms with E-state index in [4.69, 9.17) is 4.74 Å². The maximum Gasteiger partial charge on any atom is 0.296 e. The highest BCUT2D eigenvalue weighted by atomic mass is 16.5. The Kier molecular flexibility index (Phi) is 4.29. The Labute approximate surface area is 155 Å². The van der Waals surface area contributed by atoms with Gasteiger partial charge in [0.2, 0.25) is 5.91 Å². The van der Waals surface area contributed by atoms with Gasteiger partial charge in [-0.2, -0.15) is 0 Å². The van der Waals surface area contributed by atoms with E-state index >= 15 is 0 Å². The Morgan fingerprint density at radius 1 is 1.37 bits per heavy atom. The molecule has 0 saturated carbocycles. The summed E-state index contributed by atoms with van der Waals surface area (Å²) in [5, 5.41) is 2.81. The van der Waals surface area contributed by atoms with Gasteiger partial charge in [-0.05, 0) is 36.8 Å². The van der Waals surface area contributed by atoms with E-state index in [9.17, 15) is 9.59 Å². The summed E-state index contributed by atoms with van der Waals surface area (Å²) < 4.78 is 6.90. The Morgan fingerprint density at radius 3 is 3.04 bits per heavy atom. The summed E-state index contributed by atoms with van der Waals surface area (Å²) in [6, 6.07) is 5.55. The maximum absolute atomic E-state index is 12.8. The van der Waals surface area contributed by atoms with E-state index < -0.39 is 0 Å². The monoisotopic (exact) mass is 362 g/mol. The van der Waals surface area contributed by atoms with Crippen molar-refractivity contribution in [3.8, 4) is 0 Å². The van der Waals surface area contributed by atoms with Crippen molar-refractivity contribution in [1.82, 2.24) is 14.7 Å². The normalized spacial score (nSPS) is 20.3. The van der Waals surface area contributed by atoms with Crippen LogP contribution in [0.5, 0.6) is 0 Å². The van der Waals surface area contributed by atoms with Crippen molar-refractivity contribution in [2.45, 2.75) is 6.92 Å². The fourth-order valence-corrected chi connectivity index (χ4v) is 3.38. The molecule has 3 heterocycles. The molecular formula is C20H18N4O3. The molecule has 0 saturated heterocycles. The van der Waals surface area contributed by atoms with Gasteiger partial charge in [0.1, 0.15) is 11.3 Å². The molecule has 1 unspecified atom stereocenters. The van der Waals surface area contributed by atoms with Crippen LogP contribution in [0, 0.1) is 12.8 Å². The van der Waals surface area contributed by atoms with Crippen LogP contribution in [0.4, 0.5) is 0 Å². The SMILES string of the molecule is COCC1=CC(=O)NC2=CC(=NC(=O)c3c(C)nc4ccccn34)C=CC12. The third kappa shape index (κ3) is 3.13. The van der Waals surface area contributed by atoms with Crippen LogP contribution in [0.1, 0.15) is 16.2 Å². The van der Waals surface area contributed by atoms with E-state index in [0.29, 0.717) is 35.1 Å². The third-order valence-electron chi connectivity index (χ3n) is 4.53. The number of methoxy groups -OCH3 is 1. The van der Waals surface area contributed by atoms with Gasteiger partial charge >= 0.3 is 0 Å². The predicted molar refractivity (Wildman–Crippen MR) is 101 cm³/mol. The van der Waals surface area contributed by atoms with Crippen molar-refractivity contribution in [2.75, 3.05) is 13.7 Å². The molecule has 136 valence electrons. The minimum absolute atomic E-state index is 0.0748. The molecule has 2 amide bonds. The van der Waals surface area contributed by atoms with E-state index in [0.717, 1.165) is 5.57 Å². The van der Waals surface area contributed by atoms with E-state index in [1.807, 2.05) is 24.3 Å². The summed E-state index contributed by atoms with van der Waals surface area (Å²) in [6.45, 7) is 2.15. The molecule has 7 heteroatoms. The smallest absolute Gasteiger partial charge is 0.296 e. The number of rotatable bonds is 3. The van der Waals surface area contributed by atoms with Crippen LogP contribution >= 0.6 is 0 Å². The zero-order valence-corrected chi connectivity index (χ0v) is 15.0. The summed E-state index contributed by atoms with van der Waals surface area (Å²) >= 11 is 0. The number of fused-ring (bicyclic) bond motifs is 2. The number of aliphatic imine (C=N–C) groups is 1. The second kappa shape index (κ2) is 6.77. The molecule has 1 atom stereocenters. The topological polar surface area (TPSA) is 85.1 Å². The minimum atomic E-state index is -0.379. The number of allylic oxidation sites excluding steroid dienone is 3. The van der Waals surface area contributed by atoms with Crippen molar-refractivity contribution in [1.29, 1.82) is 0 Å². The van der Waals surface area contributed by atoms with Crippen molar-refractivity contribution < 1.29 is 14.3 Å². The number of hydrogen-bond acceptors (Lipinski definition) is 4. The van der Waals surface area contributed by atoms with Crippen molar-refractivity contribution in [3.05, 3.63) is 71.4 Å². The summed E-state index contributed by atoms with van der Waals surface area (Å²) in [7, 11) is 1.59. The number of hydrogen-bond donors (Lipinski definition) is 1. The molecule has 1 aliphatic carbocycles. The largest absolute Gasteiger partial charge is 0.380 e. The number of nitrogens with zero attached hydrogens (tertiary/aromatic N) is 3. The Hall–Kier alpha value is -3.32. The lowest BCUT2D eigenvalue weighted by Crippen LogP contribution is -2.34. The first kappa shape index (κ1) is 17.1. The van der Waals surface area contributed by atoms with Gasteiger partial charge in [0.05, 0.1) is 18.0 Å². The molecule has 0 aromatic carbocycles. The molecule has 0 fully saturated rings. The van der Waals surface area contributed by atoms with Gasteiger partial charge in [-0.3, -0.25) is 14.0 Å². The first-order chi connectivity index (χ1) is 13.1. The van der Waals surface area contributed by atoms with E-state index in [2.05, 4.69) is 15.3 Å². The zero-order chi connectivity index (χ0) is 19.0. The van der Waals surface area contributed by atoms with Crippen molar-refractivity contribution >= 4 is 23.2 Å². The number of carbonyl (C=O) groups excluding carboxylic acids is 2. The fraction of sp³-hybridized carbons (Fsp3) is 0.200. The first-order valence-corrected chi connectivity index (χ1v) is 8.53. The average Bonchev–Trinajstić information content (AvgIpc) is 2.97. The van der Waals surface area contributed by atoms with Crippen LogP contribution in [-0.4, -0.2) is 40.6 Å². The number of amides is 2. The number of aromatic nitrogens is 2. The molecule has 2 aliphatic rings. The lowest BCUT2D eigenvalue weighted by molar-refractivity contribution is -0.116. The van der Waals surface area contributed by atoms with Crippen LogP contribution in [-0.2, 0) is 9.53 Å². The van der Waals surface area contributed by atoms with E-state index in [1.54, 1.807) is 42.9 Å². The molecule has 0 radical (unpaired) electrons. The number of aryl methyl sites for hydroxylation is 1. The van der Waals surface area contributed by atoms with Crippen molar-refractivity contribution in [3.63, 3.8) is 0 Å². The lowest BCUT2D eigenvalue weighted by atomic mass is 9.88. The molecule has 27 heavy (non-hydrogen) atoms. The first-order valence-electron chi connectivity index (χ1n) is 8.53. The maximum atomic E-state index is 12.8. The molecule has 0 spiro atoms. The van der Waals surface area contributed by atoms with Gasteiger partial charge in [-0.1, -0.05) is 12.1 Å². The minimum Gasteiger partial charge on any atom is -0.380 e. The molecule has 1 aliphatic heterocycles. The zero-order valence-electron chi connectivity index (χ0n) is 15.0. The summed E-state index contributed by atoms with van der Waals surface area (Å²) in [5.41, 5.74) is 3.79. The van der Waals surface area contributed by atoms with Crippen LogP contribution in [0.15, 0.2) is 65.0 Å². The highest BCUT2D eigenvalue weighted by molar-refractivity contribution is 6.14. The number of imidazole rings is 1. The molecule has 1 N–H and O–H groups in total. The van der Waals surface area contributed by atoms with Gasteiger partial charge in [-0.15, -0.1) is 0 Å². The number of ether oxygens (including phenoxy) is 1. The highest BCUT2D eigenvalue weighted by Gasteiger charge is 2.26. The molecule has 2 aromatic heterocycles. The fourth-order valence-electron chi connectivity index (χ4n) is 3.38. The Bertz CT molecular complexity index is 1070. The molecule has 7 nitrogen and oxygen atoms in total. The average molecular weight is 362 g/mol. The van der Waals surface area contributed by atoms with Gasteiger partial charge in [0.15, 0.2) is 0 Å². The standard InChI is InChI=1S/C20H18N4O3/c1-12-19(24-8-4-3-5-17(24)21-12)20(26)22-14-6-7-15-13(11-27-2)9-18(25)23-16(15)10-14/h3-10,15H,11H2,1-2H3,(H,23,25). The van der Waals surface area contributed by atoms with Crippen LogP contribution in [0.2, 0.25) is 0 Å². The van der Waals surface area contributed by atoms with E-state index in [1.165, 1.54) is 0 Å². The lowest BCUT2D eigenvalue weighted by Gasteiger charge is -2.27. The molecule has 4 rings (SSSR count). The summed E-state index contributed by atoms with van der Waals surface area (Å²) in [6.07, 6.45) is 8.75. The Morgan fingerprint density at radius 2 is 2.22 bits per heavy atom. The number of pyridine rings is 1. The summed E-state index contributed by atoms with van der Waals surface area (Å²) in [5.74, 6) is -0.659. The predicted octanol–water partition coefficient (Wildman–Crippen LogP) is 2.00. The molecule has 0 bridgehead atoms.